The van der Waals surface area contributed by atoms with Gasteiger partial charge in [-0.3, -0.25) is 0 Å². The zero-order valence-corrected chi connectivity index (χ0v) is 71.6. The van der Waals surface area contributed by atoms with Crippen molar-refractivity contribution in [3.63, 3.8) is 0 Å². The molecule has 0 spiro atoms. The highest BCUT2D eigenvalue weighted by Gasteiger charge is 2.31. The summed E-state index contributed by atoms with van der Waals surface area (Å²) in [6, 6.07) is 143. The molecule has 6 nitrogen and oxygen atoms in total. The lowest BCUT2D eigenvalue weighted by Gasteiger charge is -2.30. The molecule has 20 aromatic rings. The first kappa shape index (κ1) is 76.5. The zero-order chi connectivity index (χ0) is 83.9. The highest BCUT2D eigenvalue weighted by atomic mass is 28.3. The van der Waals surface area contributed by atoms with Crippen LogP contribution in [0.25, 0.3) is 109 Å². The summed E-state index contributed by atoms with van der Waals surface area (Å²) in [4.78, 5) is 8.73. The van der Waals surface area contributed by atoms with Crippen molar-refractivity contribution in [1.82, 2.24) is 0 Å². The van der Waals surface area contributed by atoms with E-state index < -0.39 is 16.1 Å². The number of hydrogen-bond acceptors (Lipinski definition) is 6. The van der Waals surface area contributed by atoms with Crippen LogP contribution in [0.15, 0.2) is 413 Å². The molecule has 2 aliphatic heterocycles. The lowest BCUT2D eigenvalue weighted by Crippen LogP contribution is -2.37. The predicted octanol–water partition coefficient (Wildman–Crippen LogP) is 32.4. The van der Waals surface area contributed by atoms with Crippen LogP contribution in [0.3, 0.4) is 0 Å². The van der Waals surface area contributed by atoms with Crippen LogP contribution in [0.1, 0.15) is 0 Å². The van der Waals surface area contributed by atoms with E-state index >= 15 is 8.78 Å². The van der Waals surface area contributed by atoms with Crippen molar-refractivity contribution in [2.75, 3.05) is 19.6 Å². The molecule has 0 fully saturated rings. The average molecular weight is 1640 g/mol. The Morgan fingerprint density at radius 3 is 0.919 bits per heavy atom. The van der Waals surface area contributed by atoms with E-state index in [-0.39, 0.29) is 11.6 Å². The summed E-state index contributed by atoms with van der Waals surface area (Å²) in [5.74, 6) is 2.50. The van der Waals surface area contributed by atoms with Crippen molar-refractivity contribution in [3.8, 4) is 67.5 Å². The summed E-state index contributed by atoms with van der Waals surface area (Å²) in [6.45, 7) is 14.4. The van der Waals surface area contributed by atoms with Gasteiger partial charge in [0, 0.05) is 90.3 Å². The SMILES string of the molecule is C[Si](C)(C)c1ccc(N(c2ccccc2)c2ccc3c(c2)Oc2cccc4c2c-3cc2c3cc(-c5ccccc5)ccc3c(N(c3ccccc3)c3ccc([Si](C)(C)C)cc3)cc42)cc1.Fc1ccccc1N(c1ccccc1)c1ccc2c(c1)Oc1cccc3c1c-2cc1c2cc(-c4ccccc4)ccc2c(N(c2ccccc2)c2ccccc2F)cc31. The van der Waals surface area contributed by atoms with Crippen LogP contribution >= 0.6 is 0 Å². The molecule has 0 N–H and O–H groups in total. The smallest absolute Gasteiger partial charge is 0.147 e. The molecule has 0 atom stereocenters. The molecule has 20 aromatic carbocycles. The third-order valence-corrected chi connectivity index (χ3v) is 28.6. The summed E-state index contributed by atoms with van der Waals surface area (Å²) in [6.07, 6.45) is 0. The fraction of sp³-hybridized carbons (Fsp3) is 0.0526. The molecule has 596 valence electrons. The summed E-state index contributed by atoms with van der Waals surface area (Å²) >= 11 is 0. The third-order valence-electron chi connectivity index (χ3n) is 24.5. The summed E-state index contributed by atoms with van der Waals surface area (Å²) in [5, 5.41) is 16.2. The van der Waals surface area contributed by atoms with Crippen molar-refractivity contribution < 1.29 is 18.3 Å². The number of anilines is 12. The van der Waals surface area contributed by atoms with E-state index in [1.807, 2.05) is 119 Å². The van der Waals surface area contributed by atoms with Gasteiger partial charge < -0.3 is 29.1 Å². The summed E-state index contributed by atoms with van der Waals surface area (Å²) in [5.41, 5.74) is 19.7. The second-order valence-electron chi connectivity index (χ2n) is 34.2. The van der Waals surface area contributed by atoms with Crippen LogP contribution in [-0.4, -0.2) is 16.1 Å². The second kappa shape index (κ2) is 31.3. The third kappa shape index (κ3) is 13.8. The Morgan fingerprint density at radius 1 is 0.194 bits per heavy atom. The Kier molecular flexibility index (Phi) is 19.3. The summed E-state index contributed by atoms with van der Waals surface area (Å²) in [7, 11) is -2.98. The molecule has 0 unspecified atom stereocenters. The number of benzene rings is 20. The number of ether oxygens (including phenoxy) is 2. The lowest BCUT2D eigenvalue weighted by atomic mass is 9.87. The molecule has 0 saturated carbocycles. The van der Waals surface area contributed by atoms with Gasteiger partial charge in [0.05, 0.1) is 38.9 Å². The van der Waals surface area contributed by atoms with Gasteiger partial charge >= 0.3 is 0 Å². The molecule has 124 heavy (non-hydrogen) atoms. The highest BCUT2D eigenvalue weighted by molar-refractivity contribution is 6.89. The van der Waals surface area contributed by atoms with Crippen LogP contribution < -0.4 is 39.4 Å². The van der Waals surface area contributed by atoms with Crippen LogP contribution in [0.2, 0.25) is 39.3 Å². The topological polar surface area (TPSA) is 31.4 Å². The Morgan fingerprint density at radius 2 is 0.508 bits per heavy atom. The maximum Gasteiger partial charge on any atom is 0.147 e. The Balaban J connectivity index is 0.000000153. The van der Waals surface area contributed by atoms with Crippen molar-refractivity contribution in [2.45, 2.75) is 39.3 Å². The molecule has 0 amide bonds. The van der Waals surface area contributed by atoms with Gasteiger partial charge in [-0.05, 0) is 246 Å². The number of hydrogen-bond donors (Lipinski definition) is 0. The predicted molar refractivity (Wildman–Crippen MR) is 524 cm³/mol. The van der Waals surface area contributed by atoms with Gasteiger partial charge in [-0.1, -0.05) is 280 Å². The van der Waals surface area contributed by atoms with Gasteiger partial charge in [-0.15, -0.1) is 0 Å². The molecule has 0 aliphatic carbocycles. The second-order valence-corrected chi connectivity index (χ2v) is 44.3. The van der Waals surface area contributed by atoms with E-state index in [0.717, 1.165) is 140 Å². The molecule has 0 aromatic heterocycles. The minimum Gasteiger partial charge on any atom is -0.456 e. The largest absolute Gasteiger partial charge is 0.456 e. The van der Waals surface area contributed by atoms with E-state index in [1.165, 1.54) is 66.1 Å². The van der Waals surface area contributed by atoms with Crippen molar-refractivity contribution in [3.05, 3.63) is 424 Å². The van der Waals surface area contributed by atoms with Gasteiger partial charge in [-0.25, -0.2) is 8.78 Å². The van der Waals surface area contributed by atoms with Gasteiger partial charge in [0.15, 0.2) is 0 Å². The Bertz CT molecular complexity index is 7520. The van der Waals surface area contributed by atoms with Gasteiger partial charge in [0.1, 0.15) is 34.6 Å². The summed E-state index contributed by atoms with van der Waals surface area (Å²) < 4.78 is 45.3. The lowest BCUT2D eigenvalue weighted by molar-refractivity contribution is 0.487. The van der Waals surface area contributed by atoms with E-state index in [9.17, 15) is 0 Å². The first-order valence-corrected chi connectivity index (χ1v) is 49.4. The van der Waals surface area contributed by atoms with Gasteiger partial charge in [-0.2, -0.15) is 0 Å². The van der Waals surface area contributed by atoms with Crippen LogP contribution in [0.5, 0.6) is 23.0 Å². The average Bonchev–Trinajstić information content (AvgIpc) is 0.713. The molecule has 10 heteroatoms. The number of rotatable bonds is 16. The van der Waals surface area contributed by atoms with E-state index in [4.69, 9.17) is 9.47 Å². The van der Waals surface area contributed by atoms with Crippen LogP contribution in [0, 0.1) is 11.6 Å². The number of halogens is 2. The van der Waals surface area contributed by atoms with Crippen LogP contribution in [0.4, 0.5) is 77.0 Å². The Labute approximate surface area is 723 Å². The van der Waals surface area contributed by atoms with Gasteiger partial charge in [0.25, 0.3) is 0 Å². The number of fused-ring (bicyclic) bond motifs is 12. The highest BCUT2D eigenvalue weighted by Crippen LogP contribution is 2.57. The molecule has 22 rings (SSSR count). The molecule has 0 bridgehead atoms. The molecular formula is C114H86F2N4O2Si2. The van der Waals surface area contributed by atoms with Crippen LogP contribution in [-0.2, 0) is 0 Å². The molecule has 2 heterocycles. The fourth-order valence-electron chi connectivity index (χ4n) is 18.4. The number of nitrogens with zero attached hydrogens (tertiary/aromatic N) is 4. The monoisotopic (exact) mass is 1640 g/mol. The van der Waals surface area contributed by atoms with Crippen molar-refractivity contribution in [2.24, 2.45) is 0 Å². The minimum atomic E-state index is -1.51. The maximum absolute atomic E-state index is 16.0. The first-order chi connectivity index (χ1) is 60.6. The van der Waals surface area contributed by atoms with E-state index in [2.05, 4.69) is 322 Å². The fourth-order valence-corrected chi connectivity index (χ4v) is 20.7. The van der Waals surface area contributed by atoms with Gasteiger partial charge in [0.2, 0.25) is 0 Å². The zero-order valence-electron chi connectivity index (χ0n) is 69.6. The van der Waals surface area contributed by atoms with Crippen molar-refractivity contribution >= 4 is 159 Å². The molecular weight excluding hydrogens is 1550 g/mol. The first-order valence-electron chi connectivity index (χ1n) is 42.4. The minimum absolute atomic E-state index is 0.312. The molecule has 2 aliphatic rings. The number of para-hydroxylation sites is 6. The van der Waals surface area contributed by atoms with E-state index in [1.54, 1.807) is 18.2 Å². The maximum atomic E-state index is 16.0. The van der Waals surface area contributed by atoms with E-state index in [0.29, 0.717) is 17.1 Å². The normalized spacial score (nSPS) is 12.0. The van der Waals surface area contributed by atoms with Crippen molar-refractivity contribution in [1.29, 1.82) is 0 Å². The molecule has 0 saturated heterocycles. The quantitative estimate of drug-likeness (QED) is 0.0708. The molecule has 0 radical (unpaired) electrons. The Hall–Kier alpha value is -14.9. The standard InChI is InChI=1S/C60H52N2OSi2.C54H34F2N2O/c1-64(2,3)48-31-26-45(27-32-48)61(43-19-12-8-13-20-43)47-30-36-51-56-39-54-53-37-42(41-17-10-7-11-18-41)25-35-50(53)57(40-55(54)52-23-16-24-58(60(52)56)63-59(51)38-47)62(44-21-14-9-15-22-44)46-28-33-49(34-29-46)65(4,5)6;55-47-22-10-12-24-49(47)57(37-17-6-2-7-18-37)39-28-30-41-46-33-44-43-31-36(35-15-4-1-5-16-35)27-29-40(43)51(34-45(44)42-21-14-26-52(54(42)46)59-53(41)32-39)58(38-19-8-3-9-20-38)50-25-13-11-23-48(50)56/h7-40H,1-6H3;1-34H.